The van der Waals surface area contributed by atoms with E-state index in [1.807, 2.05) is 0 Å². The van der Waals surface area contributed by atoms with Gasteiger partial charge in [0, 0.05) is 0 Å². The summed E-state index contributed by atoms with van der Waals surface area (Å²) in [5.41, 5.74) is 0. The molecule has 0 bridgehead atoms. The number of H-pyrrole nitrogens is 1. The van der Waals surface area contributed by atoms with E-state index in [1.165, 1.54) is 0 Å². The molecule has 0 aromatic carbocycles. The predicted molar refractivity (Wildman–Crippen MR) is 25.4 cm³/mol. The summed E-state index contributed by atoms with van der Waals surface area (Å²) in [6, 6.07) is 1.80. The van der Waals surface area contributed by atoms with E-state index in [2.05, 4.69) is 31.0 Å². The standard InChI is InChI=1S/C3H3N3Se/c7-3-1-2-4-6-5-3/h1-2H,(H,4,5,7). The van der Waals surface area contributed by atoms with E-state index in [-0.39, 0.29) is 0 Å². The molecule has 0 amide bonds. The van der Waals surface area contributed by atoms with Crippen LogP contribution in [0, 0.1) is 4.19 Å². The Hall–Kier alpha value is -0.471. The molecule has 1 aromatic rings. The first-order valence-corrected chi connectivity index (χ1v) is 2.61. The van der Waals surface area contributed by atoms with Crippen molar-refractivity contribution in [2.45, 2.75) is 0 Å². The van der Waals surface area contributed by atoms with Crippen LogP contribution < -0.4 is 0 Å². The Kier molecular flexibility index (Phi) is 1.34. The van der Waals surface area contributed by atoms with Gasteiger partial charge >= 0.3 is 47.4 Å². The summed E-state index contributed by atoms with van der Waals surface area (Å²) >= 11 is 2.74. The molecule has 0 saturated carbocycles. The summed E-state index contributed by atoms with van der Waals surface area (Å²) in [7, 11) is 0. The molecule has 36 valence electrons. The van der Waals surface area contributed by atoms with Gasteiger partial charge in [0.15, 0.2) is 0 Å². The molecule has 0 aliphatic rings. The Morgan fingerprint density at radius 1 is 1.71 bits per heavy atom. The van der Waals surface area contributed by atoms with Gasteiger partial charge in [-0.1, -0.05) is 0 Å². The summed E-state index contributed by atoms with van der Waals surface area (Å²) < 4.78 is 0.898. The summed E-state index contributed by atoms with van der Waals surface area (Å²) in [5, 5.41) is 9.61. The first kappa shape index (κ1) is 4.68. The second-order valence-electron chi connectivity index (χ2n) is 1.01. The van der Waals surface area contributed by atoms with Crippen molar-refractivity contribution in [3.8, 4) is 0 Å². The van der Waals surface area contributed by atoms with Crippen LogP contribution >= 0.6 is 0 Å². The average molecular weight is 160 g/mol. The van der Waals surface area contributed by atoms with Crippen LogP contribution in [0.2, 0.25) is 0 Å². The zero-order chi connectivity index (χ0) is 5.11. The molecule has 1 heterocycles. The van der Waals surface area contributed by atoms with Gasteiger partial charge in [0.1, 0.15) is 0 Å². The van der Waals surface area contributed by atoms with Crippen LogP contribution in [0.1, 0.15) is 0 Å². The van der Waals surface area contributed by atoms with Gasteiger partial charge in [0.05, 0.1) is 0 Å². The summed E-state index contributed by atoms with van der Waals surface area (Å²) in [6.07, 6.45) is 1.61. The first-order valence-electron chi connectivity index (χ1n) is 1.76. The second-order valence-corrected chi connectivity index (χ2v) is 1.93. The van der Waals surface area contributed by atoms with E-state index in [0.717, 1.165) is 4.19 Å². The summed E-state index contributed by atoms with van der Waals surface area (Å²) in [6.45, 7) is 0. The fourth-order valence-electron chi connectivity index (χ4n) is 0.250. The van der Waals surface area contributed by atoms with Crippen molar-refractivity contribution >= 4 is 15.6 Å². The number of rotatable bonds is 0. The van der Waals surface area contributed by atoms with Gasteiger partial charge in [-0.05, 0) is 0 Å². The SMILES string of the molecule is [Se]=c1ccnn[nH]1. The van der Waals surface area contributed by atoms with Crippen LogP contribution in [-0.4, -0.2) is 31.0 Å². The minimum atomic E-state index is 0.898. The number of aromatic nitrogens is 3. The zero-order valence-electron chi connectivity index (χ0n) is 3.46. The van der Waals surface area contributed by atoms with E-state index in [9.17, 15) is 0 Å². The van der Waals surface area contributed by atoms with Crippen LogP contribution in [0.5, 0.6) is 0 Å². The van der Waals surface area contributed by atoms with E-state index >= 15 is 0 Å². The van der Waals surface area contributed by atoms with Gasteiger partial charge in [0.25, 0.3) is 0 Å². The van der Waals surface area contributed by atoms with Crippen molar-refractivity contribution in [1.29, 1.82) is 0 Å². The number of hydrogen-bond donors (Lipinski definition) is 1. The van der Waals surface area contributed by atoms with Gasteiger partial charge < -0.3 is 0 Å². The first-order chi connectivity index (χ1) is 3.39. The molecule has 0 saturated heterocycles. The van der Waals surface area contributed by atoms with Crippen LogP contribution in [0.4, 0.5) is 0 Å². The minimum absolute atomic E-state index is 0.898. The molecule has 1 N–H and O–H groups in total. The Labute approximate surface area is 48.1 Å². The Morgan fingerprint density at radius 2 is 2.57 bits per heavy atom. The van der Waals surface area contributed by atoms with Crippen molar-refractivity contribution in [1.82, 2.24) is 15.4 Å². The maximum absolute atomic E-state index is 3.52. The van der Waals surface area contributed by atoms with Crippen molar-refractivity contribution in [3.05, 3.63) is 16.5 Å². The molecular formula is C3H3N3Se. The molecule has 4 heteroatoms. The molecular weight excluding hydrogens is 157 g/mol. The topological polar surface area (TPSA) is 41.6 Å². The van der Waals surface area contributed by atoms with Crippen molar-refractivity contribution in [2.24, 2.45) is 0 Å². The van der Waals surface area contributed by atoms with Gasteiger partial charge in [-0.2, -0.15) is 0 Å². The Morgan fingerprint density at radius 3 is 2.86 bits per heavy atom. The fourth-order valence-corrected chi connectivity index (χ4v) is 0.463. The monoisotopic (exact) mass is 161 g/mol. The molecule has 1 rings (SSSR count). The average Bonchev–Trinajstić information content (AvgIpc) is 1.69. The molecule has 3 nitrogen and oxygen atoms in total. The van der Waals surface area contributed by atoms with E-state index in [4.69, 9.17) is 0 Å². The summed E-state index contributed by atoms with van der Waals surface area (Å²) in [4.78, 5) is 0. The van der Waals surface area contributed by atoms with E-state index < -0.39 is 0 Å². The summed E-state index contributed by atoms with van der Waals surface area (Å²) in [5.74, 6) is 0. The van der Waals surface area contributed by atoms with Gasteiger partial charge in [-0.15, -0.1) is 0 Å². The zero-order valence-corrected chi connectivity index (χ0v) is 5.17. The van der Waals surface area contributed by atoms with Crippen LogP contribution in [-0.2, 0) is 0 Å². The van der Waals surface area contributed by atoms with Crippen molar-refractivity contribution in [3.63, 3.8) is 0 Å². The van der Waals surface area contributed by atoms with Gasteiger partial charge in [-0.25, -0.2) is 0 Å². The third-order valence-corrected chi connectivity index (χ3v) is 0.988. The molecule has 0 unspecified atom stereocenters. The maximum atomic E-state index is 3.52. The normalized spacial score (nSPS) is 8.57. The van der Waals surface area contributed by atoms with Crippen LogP contribution in [0.3, 0.4) is 0 Å². The fraction of sp³-hybridized carbons (Fsp3) is 0. The molecule has 0 aliphatic heterocycles. The molecule has 0 radical (unpaired) electrons. The predicted octanol–water partition coefficient (Wildman–Crippen LogP) is -0.495. The van der Waals surface area contributed by atoms with Crippen LogP contribution in [0.15, 0.2) is 12.3 Å². The van der Waals surface area contributed by atoms with E-state index in [0.29, 0.717) is 0 Å². The quantitative estimate of drug-likeness (QED) is 0.520. The van der Waals surface area contributed by atoms with Crippen molar-refractivity contribution < 1.29 is 0 Å². The Bertz CT molecular complexity index is 176. The Balaban J connectivity index is 3.28. The number of aromatic amines is 1. The second kappa shape index (κ2) is 2.00. The molecule has 1 aromatic heterocycles. The third kappa shape index (κ3) is 1.21. The number of nitrogens with one attached hydrogen (secondary N) is 1. The number of nitrogens with zero attached hydrogens (tertiary/aromatic N) is 2. The molecule has 0 atom stereocenters. The molecule has 0 aliphatic carbocycles. The third-order valence-electron chi connectivity index (χ3n) is 0.511. The van der Waals surface area contributed by atoms with Crippen molar-refractivity contribution in [2.75, 3.05) is 0 Å². The molecule has 7 heavy (non-hydrogen) atoms. The van der Waals surface area contributed by atoms with Gasteiger partial charge in [-0.3, -0.25) is 0 Å². The molecule has 0 spiro atoms. The van der Waals surface area contributed by atoms with Gasteiger partial charge in [0.2, 0.25) is 0 Å². The number of hydrogen-bond acceptors (Lipinski definition) is 2. The molecule has 0 fully saturated rings. The van der Waals surface area contributed by atoms with E-state index in [1.54, 1.807) is 12.3 Å². The van der Waals surface area contributed by atoms with Crippen LogP contribution in [0.25, 0.3) is 0 Å².